The molecule has 4 heteroatoms. The summed E-state index contributed by atoms with van der Waals surface area (Å²) in [5.74, 6) is 1.94. The van der Waals surface area contributed by atoms with Crippen molar-refractivity contribution in [2.45, 2.75) is 39.8 Å². The maximum absolute atomic E-state index is 5.81. The molecule has 0 aromatic carbocycles. The van der Waals surface area contributed by atoms with E-state index in [2.05, 4.69) is 42.7 Å². The average Bonchev–Trinajstić information content (AvgIpc) is 3.06. The van der Waals surface area contributed by atoms with E-state index in [0.29, 0.717) is 6.61 Å². The summed E-state index contributed by atoms with van der Waals surface area (Å²) in [6, 6.07) is 6.29. The Kier molecular flexibility index (Phi) is 6.30. The Morgan fingerprint density at radius 3 is 3.05 bits per heavy atom. The van der Waals surface area contributed by atoms with Gasteiger partial charge in [-0.3, -0.25) is 0 Å². The summed E-state index contributed by atoms with van der Waals surface area (Å²) in [6.07, 6.45) is 2.11. The van der Waals surface area contributed by atoms with Gasteiger partial charge < -0.3 is 14.5 Å². The van der Waals surface area contributed by atoms with Gasteiger partial charge in [0.05, 0.1) is 13.2 Å². The van der Waals surface area contributed by atoms with Crippen LogP contribution in [0.3, 0.4) is 0 Å². The number of nitrogens with one attached hydrogen (secondary N) is 1. The zero-order valence-electron chi connectivity index (χ0n) is 12.3. The van der Waals surface area contributed by atoms with Gasteiger partial charge in [0.2, 0.25) is 0 Å². The maximum Gasteiger partial charge on any atom is 0.130 e. The van der Waals surface area contributed by atoms with E-state index in [0.717, 1.165) is 44.1 Å². The van der Waals surface area contributed by atoms with Gasteiger partial charge in [0.15, 0.2) is 0 Å². The van der Waals surface area contributed by atoms with Crippen LogP contribution in [0.2, 0.25) is 0 Å². The molecule has 2 heterocycles. The molecule has 2 aromatic rings. The molecule has 2 rings (SSSR count). The molecular formula is C16H23NO2S. The number of furan rings is 1. The van der Waals surface area contributed by atoms with Crippen LogP contribution in [0.25, 0.3) is 0 Å². The van der Waals surface area contributed by atoms with Crippen molar-refractivity contribution in [3.05, 3.63) is 45.5 Å². The number of aryl methyl sites for hydroxylation is 1. The lowest BCUT2D eigenvalue weighted by atomic mass is 10.2. The van der Waals surface area contributed by atoms with E-state index in [1.165, 1.54) is 10.4 Å². The molecule has 0 aliphatic heterocycles. The summed E-state index contributed by atoms with van der Waals surface area (Å²) in [7, 11) is 0. The fraction of sp³-hybridized carbons (Fsp3) is 0.500. The largest absolute Gasteiger partial charge is 0.462 e. The lowest BCUT2D eigenvalue weighted by molar-refractivity contribution is 0.108. The smallest absolute Gasteiger partial charge is 0.130 e. The van der Waals surface area contributed by atoms with Gasteiger partial charge >= 0.3 is 0 Å². The molecule has 0 fully saturated rings. The van der Waals surface area contributed by atoms with E-state index in [1.54, 1.807) is 11.3 Å². The predicted molar refractivity (Wildman–Crippen MR) is 83.1 cm³/mol. The normalized spacial score (nSPS) is 11.1. The molecule has 0 spiro atoms. The van der Waals surface area contributed by atoms with Crippen molar-refractivity contribution < 1.29 is 9.15 Å². The van der Waals surface area contributed by atoms with Crippen molar-refractivity contribution in [3.63, 3.8) is 0 Å². The van der Waals surface area contributed by atoms with Crippen LogP contribution in [0.1, 0.15) is 35.3 Å². The molecular weight excluding hydrogens is 270 g/mol. The number of ether oxygens (including phenoxy) is 1. The summed E-state index contributed by atoms with van der Waals surface area (Å²) in [5.41, 5.74) is 1.20. The highest BCUT2D eigenvalue weighted by atomic mass is 32.1. The van der Waals surface area contributed by atoms with Crippen molar-refractivity contribution in [1.82, 2.24) is 5.32 Å². The van der Waals surface area contributed by atoms with Crippen LogP contribution in [0, 0.1) is 6.92 Å². The highest BCUT2D eigenvalue weighted by molar-refractivity contribution is 7.09. The Bertz CT molecular complexity index is 491. The molecule has 3 nitrogen and oxygen atoms in total. The zero-order valence-corrected chi connectivity index (χ0v) is 13.1. The van der Waals surface area contributed by atoms with Gasteiger partial charge in [-0.1, -0.05) is 13.0 Å². The summed E-state index contributed by atoms with van der Waals surface area (Å²) < 4.78 is 11.5. The SMILES string of the molecule is CCCNCc1oc(COCCc2cccs2)cc1C. The van der Waals surface area contributed by atoms with Crippen LogP contribution in [-0.4, -0.2) is 13.2 Å². The first-order chi connectivity index (χ1) is 9.79. The van der Waals surface area contributed by atoms with Crippen LogP contribution in [-0.2, 0) is 24.3 Å². The van der Waals surface area contributed by atoms with Crippen molar-refractivity contribution in [3.8, 4) is 0 Å². The number of rotatable bonds is 9. The highest BCUT2D eigenvalue weighted by Crippen LogP contribution is 2.16. The van der Waals surface area contributed by atoms with Crippen LogP contribution >= 0.6 is 11.3 Å². The number of hydrogen-bond donors (Lipinski definition) is 1. The Balaban J connectivity index is 1.71. The summed E-state index contributed by atoms with van der Waals surface area (Å²) in [4.78, 5) is 1.37. The third-order valence-electron chi connectivity index (χ3n) is 3.10. The molecule has 0 saturated carbocycles. The minimum absolute atomic E-state index is 0.556. The van der Waals surface area contributed by atoms with Crippen LogP contribution in [0.15, 0.2) is 28.0 Å². The molecule has 0 amide bonds. The van der Waals surface area contributed by atoms with Gasteiger partial charge in [-0.2, -0.15) is 0 Å². The molecule has 0 radical (unpaired) electrons. The van der Waals surface area contributed by atoms with Crippen molar-refractivity contribution in [2.75, 3.05) is 13.2 Å². The van der Waals surface area contributed by atoms with Gasteiger partial charge in [-0.15, -0.1) is 11.3 Å². The van der Waals surface area contributed by atoms with Gasteiger partial charge in [-0.25, -0.2) is 0 Å². The fourth-order valence-electron chi connectivity index (χ4n) is 2.02. The van der Waals surface area contributed by atoms with Gasteiger partial charge in [0.25, 0.3) is 0 Å². The van der Waals surface area contributed by atoms with Crippen molar-refractivity contribution >= 4 is 11.3 Å². The Hall–Kier alpha value is -1.10. The second-order valence-corrected chi connectivity index (χ2v) is 5.91. The van der Waals surface area contributed by atoms with Crippen molar-refractivity contribution in [2.24, 2.45) is 0 Å². The van der Waals surface area contributed by atoms with Gasteiger partial charge in [0.1, 0.15) is 18.1 Å². The summed E-state index contributed by atoms with van der Waals surface area (Å²) >= 11 is 1.78. The standard InChI is InChI=1S/C16H23NO2S/c1-3-7-17-11-16-13(2)10-14(19-16)12-18-8-6-15-5-4-9-20-15/h4-5,9-10,17H,3,6-8,11-12H2,1-2H3. The molecule has 20 heavy (non-hydrogen) atoms. The lowest BCUT2D eigenvalue weighted by Gasteiger charge is -2.02. The molecule has 0 atom stereocenters. The zero-order chi connectivity index (χ0) is 14.2. The monoisotopic (exact) mass is 293 g/mol. The van der Waals surface area contributed by atoms with E-state index in [1.807, 2.05) is 0 Å². The van der Waals surface area contributed by atoms with E-state index < -0.39 is 0 Å². The molecule has 0 unspecified atom stereocenters. The average molecular weight is 293 g/mol. The third kappa shape index (κ3) is 4.78. The third-order valence-corrected chi connectivity index (χ3v) is 4.04. The van der Waals surface area contributed by atoms with Gasteiger partial charge in [0, 0.05) is 11.3 Å². The molecule has 2 aromatic heterocycles. The molecule has 110 valence electrons. The number of thiophene rings is 1. The minimum Gasteiger partial charge on any atom is -0.462 e. The van der Waals surface area contributed by atoms with E-state index in [-0.39, 0.29) is 0 Å². The van der Waals surface area contributed by atoms with E-state index in [9.17, 15) is 0 Å². The first-order valence-electron chi connectivity index (χ1n) is 7.18. The summed E-state index contributed by atoms with van der Waals surface area (Å²) in [5, 5.41) is 5.46. The number of hydrogen-bond acceptors (Lipinski definition) is 4. The highest BCUT2D eigenvalue weighted by Gasteiger charge is 2.07. The topological polar surface area (TPSA) is 34.4 Å². The lowest BCUT2D eigenvalue weighted by Crippen LogP contribution is -2.13. The Morgan fingerprint density at radius 1 is 1.40 bits per heavy atom. The van der Waals surface area contributed by atoms with E-state index >= 15 is 0 Å². The van der Waals surface area contributed by atoms with Crippen LogP contribution < -0.4 is 5.32 Å². The Morgan fingerprint density at radius 2 is 2.30 bits per heavy atom. The first kappa shape index (κ1) is 15.3. The minimum atomic E-state index is 0.556. The molecule has 0 aliphatic rings. The molecule has 1 N–H and O–H groups in total. The Labute approximate surface area is 125 Å². The molecule has 0 saturated heterocycles. The van der Waals surface area contributed by atoms with Crippen molar-refractivity contribution in [1.29, 1.82) is 0 Å². The quantitative estimate of drug-likeness (QED) is 0.712. The molecule has 0 bridgehead atoms. The second kappa shape index (κ2) is 8.25. The van der Waals surface area contributed by atoms with Crippen LogP contribution in [0.4, 0.5) is 0 Å². The van der Waals surface area contributed by atoms with E-state index in [4.69, 9.17) is 9.15 Å². The first-order valence-corrected chi connectivity index (χ1v) is 8.06. The molecule has 0 aliphatic carbocycles. The fourth-order valence-corrected chi connectivity index (χ4v) is 2.71. The summed E-state index contributed by atoms with van der Waals surface area (Å²) in [6.45, 7) is 7.36. The van der Waals surface area contributed by atoms with Gasteiger partial charge in [-0.05, 0) is 43.0 Å². The van der Waals surface area contributed by atoms with Crippen LogP contribution in [0.5, 0.6) is 0 Å². The second-order valence-electron chi connectivity index (χ2n) is 4.88. The maximum atomic E-state index is 5.81. The predicted octanol–water partition coefficient (Wildman–Crippen LogP) is 3.91.